The monoisotopic (exact) mass is 549 g/mol. The zero-order valence-electron chi connectivity index (χ0n) is 22.6. The fourth-order valence-electron chi connectivity index (χ4n) is 5.98. The maximum absolute atomic E-state index is 10.3. The van der Waals surface area contributed by atoms with Crippen LogP contribution in [0.1, 0.15) is 22.7 Å². The standard InChI is InChI=1S/C32H31N5O4/c1-20-25(17-38)26(28(20)37-19-34-27-29(37)35-31(33)36-30(27)39)18-41-32(21-9-5-3-6-10-21,22-11-7-4-8-12-22)23-13-15-24(40-2)16-14-23/h3-16,19,25-26,28,38H,1,17-18H2,2H3,(H3,33,35,36,39)/t25-,26+,28+/m0/s1. The first kappa shape index (κ1) is 26.5. The topological polar surface area (TPSA) is 129 Å². The van der Waals surface area contributed by atoms with E-state index in [1.807, 2.05) is 65.2 Å². The molecule has 5 aromatic rings. The zero-order valence-corrected chi connectivity index (χ0v) is 22.6. The average Bonchev–Trinajstić information content (AvgIpc) is 3.41. The summed E-state index contributed by atoms with van der Waals surface area (Å²) in [5.41, 5.74) is 9.22. The molecule has 1 aliphatic rings. The molecule has 0 saturated heterocycles. The summed E-state index contributed by atoms with van der Waals surface area (Å²) in [4.78, 5) is 12.5. The lowest BCUT2D eigenvalue weighted by Crippen LogP contribution is -2.47. The number of aliphatic hydroxyl groups is 1. The third-order valence-corrected chi connectivity index (χ3v) is 8.04. The predicted molar refractivity (Wildman–Crippen MR) is 155 cm³/mol. The van der Waals surface area contributed by atoms with E-state index in [0.29, 0.717) is 5.65 Å². The number of nitrogens with two attached hydrogens (primary N) is 1. The third kappa shape index (κ3) is 4.39. The van der Waals surface area contributed by atoms with E-state index < -0.39 is 5.60 Å². The largest absolute Gasteiger partial charge is 0.497 e. The summed E-state index contributed by atoms with van der Waals surface area (Å²) in [6, 6.07) is 27.8. The first-order valence-electron chi connectivity index (χ1n) is 13.4. The molecule has 9 heteroatoms. The molecular weight excluding hydrogens is 518 g/mol. The molecule has 0 spiro atoms. The smallest absolute Gasteiger partial charge is 0.244 e. The Morgan fingerprint density at radius 1 is 0.927 bits per heavy atom. The highest BCUT2D eigenvalue weighted by molar-refractivity contribution is 5.77. The quantitative estimate of drug-likeness (QED) is 0.182. The Kier molecular flexibility index (Phi) is 6.90. The molecule has 0 aliphatic heterocycles. The van der Waals surface area contributed by atoms with Crippen molar-refractivity contribution in [3.8, 4) is 11.6 Å². The molecule has 1 saturated carbocycles. The Balaban J connectivity index is 1.45. The Labute approximate surface area is 237 Å². The van der Waals surface area contributed by atoms with Gasteiger partial charge >= 0.3 is 0 Å². The van der Waals surface area contributed by atoms with Crippen molar-refractivity contribution in [1.29, 1.82) is 0 Å². The van der Waals surface area contributed by atoms with E-state index in [9.17, 15) is 10.2 Å². The minimum Gasteiger partial charge on any atom is -0.497 e. The highest BCUT2D eigenvalue weighted by Gasteiger charge is 2.48. The second-order valence-corrected chi connectivity index (χ2v) is 10.2. The van der Waals surface area contributed by atoms with Crippen LogP contribution >= 0.6 is 0 Å². The number of hydrogen-bond acceptors (Lipinski definition) is 8. The first-order valence-corrected chi connectivity index (χ1v) is 13.4. The minimum absolute atomic E-state index is 0.0557. The van der Waals surface area contributed by atoms with Gasteiger partial charge in [-0.3, -0.25) is 0 Å². The lowest BCUT2D eigenvalue weighted by molar-refractivity contribution is -0.0502. The van der Waals surface area contributed by atoms with Gasteiger partial charge in [0.25, 0.3) is 0 Å². The van der Waals surface area contributed by atoms with Crippen LogP contribution in [0.25, 0.3) is 11.2 Å². The molecule has 0 radical (unpaired) electrons. The number of ether oxygens (including phenoxy) is 2. The van der Waals surface area contributed by atoms with Crippen LogP contribution in [-0.4, -0.2) is 50.1 Å². The van der Waals surface area contributed by atoms with Crippen molar-refractivity contribution in [3.63, 3.8) is 0 Å². The highest BCUT2D eigenvalue weighted by atomic mass is 16.5. The van der Waals surface area contributed by atoms with Crippen LogP contribution in [0.3, 0.4) is 0 Å². The van der Waals surface area contributed by atoms with Crippen molar-refractivity contribution >= 4 is 17.1 Å². The number of rotatable bonds is 9. The summed E-state index contributed by atoms with van der Waals surface area (Å²) >= 11 is 0. The average molecular weight is 550 g/mol. The first-order chi connectivity index (χ1) is 20.0. The second-order valence-electron chi connectivity index (χ2n) is 10.2. The van der Waals surface area contributed by atoms with Crippen molar-refractivity contribution in [1.82, 2.24) is 19.5 Å². The fraction of sp³-hybridized carbons (Fsp3) is 0.219. The Bertz CT molecular complexity index is 1630. The van der Waals surface area contributed by atoms with Crippen molar-refractivity contribution in [3.05, 3.63) is 120 Å². The fourth-order valence-corrected chi connectivity index (χ4v) is 5.98. The Morgan fingerprint density at radius 2 is 1.54 bits per heavy atom. The molecule has 9 nitrogen and oxygen atoms in total. The van der Waals surface area contributed by atoms with E-state index in [2.05, 4.69) is 45.8 Å². The van der Waals surface area contributed by atoms with Crippen LogP contribution < -0.4 is 10.5 Å². The molecule has 6 rings (SSSR count). The molecule has 0 amide bonds. The second kappa shape index (κ2) is 10.7. The van der Waals surface area contributed by atoms with E-state index in [4.69, 9.17) is 15.2 Å². The normalized spacial score (nSPS) is 18.8. The summed E-state index contributed by atoms with van der Waals surface area (Å²) in [6.07, 6.45) is 1.60. The van der Waals surface area contributed by atoms with Crippen molar-refractivity contribution in [2.75, 3.05) is 26.1 Å². The number of hydrogen-bond donors (Lipinski definition) is 3. The number of fused-ring (bicyclic) bond motifs is 1. The molecule has 1 aliphatic carbocycles. The van der Waals surface area contributed by atoms with E-state index in [1.54, 1.807) is 13.4 Å². The molecule has 0 unspecified atom stereocenters. The van der Waals surface area contributed by atoms with Gasteiger partial charge in [-0.15, -0.1) is 0 Å². The number of aromatic nitrogens is 4. The number of benzene rings is 3. The summed E-state index contributed by atoms with van der Waals surface area (Å²) in [5, 5.41) is 20.6. The maximum Gasteiger partial charge on any atom is 0.244 e. The van der Waals surface area contributed by atoms with Gasteiger partial charge in [-0.05, 0) is 34.4 Å². The van der Waals surface area contributed by atoms with Gasteiger partial charge in [0, 0.05) is 11.8 Å². The molecule has 4 N–H and O–H groups in total. The van der Waals surface area contributed by atoms with Gasteiger partial charge in [0.05, 0.1) is 32.7 Å². The number of anilines is 1. The lowest BCUT2D eigenvalue weighted by atomic mass is 9.66. The predicted octanol–water partition coefficient (Wildman–Crippen LogP) is 4.47. The van der Waals surface area contributed by atoms with Gasteiger partial charge in [0.1, 0.15) is 11.4 Å². The van der Waals surface area contributed by atoms with Gasteiger partial charge in [-0.2, -0.15) is 9.97 Å². The summed E-state index contributed by atoms with van der Waals surface area (Å²) in [7, 11) is 1.64. The number of imidazole rings is 1. The number of nitrogens with zero attached hydrogens (tertiary/aromatic N) is 4. The van der Waals surface area contributed by atoms with Crippen LogP contribution in [-0.2, 0) is 10.3 Å². The molecule has 208 valence electrons. The van der Waals surface area contributed by atoms with E-state index >= 15 is 0 Å². The minimum atomic E-state index is -0.960. The number of aromatic hydroxyl groups is 1. The van der Waals surface area contributed by atoms with Gasteiger partial charge in [-0.25, -0.2) is 4.98 Å². The number of methoxy groups -OCH3 is 1. The third-order valence-electron chi connectivity index (χ3n) is 8.04. The van der Waals surface area contributed by atoms with Crippen LogP contribution in [0.15, 0.2) is 103 Å². The Morgan fingerprint density at radius 3 is 2.12 bits per heavy atom. The van der Waals surface area contributed by atoms with Crippen LogP contribution in [0.5, 0.6) is 11.6 Å². The molecular formula is C32H31N5O4. The van der Waals surface area contributed by atoms with Crippen LogP contribution in [0.4, 0.5) is 5.95 Å². The zero-order chi connectivity index (χ0) is 28.6. The lowest BCUT2D eigenvalue weighted by Gasteiger charge is -2.48. The van der Waals surface area contributed by atoms with E-state index in [0.717, 1.165) is 28.0 Å². The van der Waals surface area contributed by atoms with Gasteiger partial charge in [0.15, 0.2) is 11.2 Å². The molecule has 3 aromatic carbocycles. The van der Waals surface area contributed by atoms with Crippen LogP contribution in [0, 0.1) is 11.8 Å². The van der Waals surface area contributed by atoms with Crippen molar-refractivity contribution < 1.29 is 19.7 Å². The summed E-state index contributed by atoms with van der Waals surface area (Å²) in [6.45, 7) is 4.47. The number of aliphatic hydroxyl groups excluding tert-OH is 1. The van der Waals surface area contributed by atoms with Crippen LogP contribution in [0.2, 0.25) is 0 Å². The SMILES string of the molecule is C=C1[C@@H](n2cnc3c(O)nc(N)nc32)[C@H](COC(c2ccccc2)(c2ccccc2)c2ccc(OC)cc2)[C@H]1CO. The highest BCUT2D eigenvalue weighted by Crippen LogP contribution is 2.51. The molecule has 2 aromatic heterocycles. The van der Waals surface area contributed by atoms with E-state index in [-0.39, 0.29) is 48.4 Å². The van der Waals surface area contributed by atoms with Gasteiger partial charge in [-0.1, -0.05) is 79.4 Å². The summed E-state index contributed by atoms with van der Waals surface area (Å²) < 4.78 is 14.4. The molecule has 1 fully saturated rings. The van der Waals surface area contributed by atoms with Gasteiger partial charge < -0.3 is 30.0 Å². The number of nitrogen functional groups attached to an aromatic ring is 1. The maximum atomic E-state index is 10.3. The molecule has 2 heterocycles. The van der Waals surface area contributed by atoms with Crippen molar-refractivity contribution in [2.24, 2.45) is 11.8 Å². The van der Waals surface area contributed by atoms with Gasteiger partial charge in [0.2, 0.25) is 11.8 Å². The molecule has 0 bridgehead atoms. The summed E-state index contributed by atoms with van der Waals surface area (Å²) in [5.74, 6) is 0.0313. The molecule has 41 heavy (non-hydrogen) atoms. The van der Waals surface area contributed by atoms with E-state index in [1.165, 1.54) is 0 Å². The molecule has 3 atom stereocenters. The Hall–Kier alpha value is -4.73. The van der Waals surface area contributed by atoms with Crippen molar-refractivity contribution in [2.45, 2.75) is 11.6 Å².